The lowest BCUT2D eigenvalue weighted by atomic mass is 9.87. The van der Waals surface area contributed by atoms with Crippen LogP contribution in [0, 0.1) is 0 Å². The zero-order chi connectivity index (χ0) is 19.0. The van der Waals surface area contributed by atoms with Gasteiger partial charge in [-0.05, 0) is 36.8 Å². The number of nitrogens with one attached hydrogen (secondary N) is 2. The lowest BCUT2D eigenvalue weighted by Gasteiger charge is -2.20. The Labute approximate surface area is 158 Å². The average Bonchev–Trinajstić information content (AvgIpc) is 3.11. The highest BCUT2D eigenvalue weighted by atomic mass is 16.5. The van der Waals surface area contributed by atoms with Crippen LogP contribution in [0.15, 0.2) is 29.3 Å². The molecule has 0 bridgehead atoms. The molecule has 0 amide bonds. The molecule has 1 aromatic rings. The van der Waals surface area contributed by atoms with Crippen molar-refractivity contribution >= 4 is 5.96 Å². The molecule has 1 heterocycles. The molecule has 0 aromatic heterocycles. The van der Waals surface area contributed by atoms with E-state index in [0.29, 0.717) is 19.8 Å². The molecular weight excluding hydrogens is 326 g/mol. The fourth-order valence-electron chi connectivity index (χ4n) is 2.80. The summed E-state index contributed by atoms with van der Waals surface area (Å²) in [6.45, 7) is 14.5. The second-order valence-electron chi connectivity index (χ2n) is 8.01. The molecule has 2 N–H and O–H groups in total. The van der Waals surface area contributed by atoms with Gasteiger partial charge in [0.15, 0.2) is 5.96 Å². The lowest BCUT2D eigenvalue weighted by Crippen LogP contribution is -2.44. The molecule has 5 nitrogen and oxygen atoms in total. The summed E-state index contributed by atoms with van der Waals surface area (Å²) < 4.78 is 11.2. The summed E-state index contributed by atoms with van der Waals surface area (Å²) in [5, 5.41) is 6.73. The summed E-state index contributed by atoms with van der Waals surface area (Å²) >= 11 is 0. The minimum absolute atomic E-state index is 0.179. The van der Waals surface area contributed by atoms with E-state index in [1.165, 1.54) is 11.1 Å². The molecule has 146 valence electrons. The number of hydrogen-bond donors (Lipinski definition) is 2. The summed E-state index contributed by atoms with van der Waals surface area (Å²) in [5.74, 6) is 0.825. The zero-order valence-electron chi connectivity index (χ0n) is 17.0. The number of rotatable bonds is 7. The van der Waals surface area contributed by atoms with Crippen LogP contribution in [-0.4, -0.2) is 44.5 Å². The summed E-state index contributed by atoms with van der Waals surface area (Å²) in [5.41, 5.74) is 2.73. The van der Waals surface area contributed by atoms with E-state index in [1.54, 1.807) is 0 Å². The van der Waals surface area contributed by atoms with Gasteiger partial charge in [0.25, 0.3) is 0 Å². The molecule has 2 rings (SSSR count). The van der Waals surface area contributed by atoms with E-state index in [4.69, 9.17) is 14.5 Å². The minimum atomic E-state index is 0.179. The number of aliphatic imine (C=N–C) groups is 1. The van der Waals surface area contributed by atoms with Crippen LogP contribution >= 0.6 is 0 Å². The predicted molar refractivity (Wildman–Crippen MR) is 108 cm³/mol. The highest BCUT2D eigenvalue weighted by Crippen LogP contribution is 2.22. The van der Waals surface area contributed by atoms with E-state index in [2.05, 4.69) is 69.5 Å². The Hall–Kier alpha value is -1.59. The molecule has 2 atom stereocenters. The lowest BCUT2D eigenvalue weighted by molar-refractivity contribution is 0.0347. The van der Waals surface area contributed by atoms with Crippen molar-refractivity contribution in [1.29, 1.82) is 0 Å². The maximum Gasteiger partial charge on any atom is 0.191 e. The molecule has 2 unspecified atom stereocenters. The van der Waals surface area contributed by atoms with Crippen LogP contribution in [0.2, 0.25) is 0 Å². The summed E-state index contributed by atoms with van der Waals surface area (Å²) in [7, 11) is 0. The Bertz CT molecular complexity index is 558. The van der Waals surface area contributed by atoms with E-state index < -0.39 is 0 Å². The summed E-state index contributed by atoms with van der Waals surface area (Å²) in [6.07, 6.45) is 1.23. The Morgan fingerprint density at radius 2 is 2.04 bits per heavy atom. The third kappa shape index (κ3) is 6.96. The number of benzene rings is 1. The molecule has 1 aliphatic rings. The van der Waals surface area contributed by atoms with Crippen molar-refractivity contribution < 1.29 is 9.47 Å². The van der Waals surface area contributed by atoms with Gasteiger partial charge < -0.3 is 20.1 Å². The summed E-state index contributed by atoms with van der Waals surface area (Å²) in [4.78, 5) is 4.71. The number of guanidine groups is 1. The SMILES string of the molecule is CCNC(=NCc1ccc(C(C)(C)C)cc1)NC(C)COC1CCOC1. The van der Waals surface area contributed by atoms with Gasteiger partial charge >= 0.3 is 0 Å². The number of ether oxygens (including phenoxy) is 2. The Morgan fingerprint density at radius 3 is 2.62 bits per heavy atom. The molecule has 26 heavy (non-hydrogen) atoms. The van der Waals surface area contributed by atoms with Crippen LogP contribution in [0.5, 0.6) is 0 Å². The van der Waals surface area contributed by atoms with Crippen LogP contribution in [-0.2, 0) is 21.4 Å². The Morgan fingerprint density at radius 1 is 1.31 bits per heavy atom. The smallest absolute Gasteiger partial charge is 0.191 e. The van der Waals surface area contributed by atoms with E-state index >= 15 is 0 Å². The van der Waals surface area contributed by atoms with Gasteiger partial charge in [-0.25, -0.2) is 4.99 Å². The summed E-state index contributed by atoms with van der Waals surface area (Å²) in [6, 6.07) is 8.92. The van der Waals surface area contributed by atoms with Crippen LogP contribution in [0.4, 0.5) is 0 Å². The van der Waals surface area contributed by atoms with Crippen molar-refractivity contribution in [2.75, 3.05) is 26.4 Å². The van der Waals surface area contributed by atoms with Crippen molar-refractivity contribution in [3.63, 3.8) is 0 Å². The largest absolute Gasteiger partial charge is 0.379 e. The first-order valence-electron chi connectivity index (χ1n) is 9.72. The maximum absolute atomic E-state index is 5.88. The molecule has 1 saturated heterocycles. The topological polar surface area (TPSA) is 54.9 Å². The van der Waals surface area contributed by atoms with E-state index in [-0.39, 0.29) is 17.6 Å². The third-order valence-corrected chi connectivity index (χ3v) is 4.44. The van der Waals surface area contributed by atoms with Gasteiger partial charge in [-0.3, -0.25) is 0 Å². The van der Waals surface area contributed by atoms with Crippen LogP contribution in [0.1, 0.15) is 52.2 Å². The van der Waals surface area contributed by atoms with Gasteiger partial charge in [0.2, 0.25) is 0 Å². The van der Waals surface area contributed by atoms with Gasteiger partial charge in [-0.1, -0.05) is 45.0 Å². The Balaban J connectivity index is 1.86. The van der Waals surface area contributed by atoms with Crippen molar-refractivity contribution in [3.05, 3.63) is 35.4 Å². The maximum atomic E-state index is 5.88. The molecule has 1 aromatic carbocycles. The van der Waals surface area contributed by atoms with Gasteiger partial charge in [0, 0.05) is 19.2 Å². The van der Waals surface area contributed by atoms with Gasteiger partial charge in [-0.15, -0.1) is 0 Å². The van der Waals surface area contributed by atoms with E-state index in [9.17, 15) is 0 Å². The average molecular weight is 362 g/mol. The molecule has 1 aliphatic heterocycles. The van der Waals surface area contributed by atoms with Crippen LogP contribution in [0.3, 0.4) is 0 Å². The van der Waals surface area contributed by atoms with Crippen LogP contribution in [0.25, 0.3) is 0 Å². The predicted octanol–water partition coefficient (Wildman–Crippen LogP) is 3.23. The molecule has 5 heteroatoms. The van der Waals surface area contributed by atoms with E-state index in [1.807, 2.05) is 0 Å². The first-order chi connectivity index (χ1) is 12.4. The van der Waals surface area contributed by atoms with Crippen molar-refractivity contribution in [2.24, 2.45) is 4.99 Å². The fourth-order valence-corrected chi connectivity index (χ4v) is 2.80. The zero-order valence-corrected chi connectivity index (χ0v) is 17.0. The molecule has 0 spiro atoms. The number of nitrogens with zero attached hydrogens (tertiary/aromatic N) is 1. The van der Waals surface area contributed by atoms with Gasteiger partial charge in [0.1, 0.15) is 0 Å². The third-order valence-electron chi connectivity index (χ3n) is 4.44. The second kappa shape index (κ2) is 9.93. The minimum Gasteiger partial charge on any atom is -0.379 e. The highest BCUT2D eigenvalue weighted by molar-refractivity contribution is 5.80. The molecule has 0 aliphatic carbocycles. The van der Waals surface area contributed by atoms with Gasteiger partial charge in [-0.2, -0.15) is 0 Å². The van der Waals surface area contributed by atoms with Crippen molar-refractivity contribution in [2.45, 2.75) is 65.1 Å². The quantitative estimate of drug-likeness (QED) is 0.578. The van der Waals surface area contributed by atoms with Crippen molar-refractivity contribution in [3.8, 4) is 0 Å². The van der Waals surface area contributed by atoms with Gasteiger partial charge in [0.05, 0.1) is 25.9 Å². The molecule has 0 radical (unpaired) electrons. The second-order valence-corrected chi connectivity index (χ2v) is 8.01. The first kappa shape index (κ1) is 20.7. The van der Waals surface area contributed by atoms with Crippen molar-refractivity contribution in [1.82, 2.24) is 10.6 Å². The normalized spacial score (nSPS) is 19.4. The Kier molecular flexibility index (Phi) is 7.91. The fraction of sp³-hybridized carbons (Fsp3) is 0.667. The van der Waals surface area contributed by atoms with Crippen LogP contribution < -0.4 is 10.6 Å². The molecule has 1 fully saturated rings. The molecular formula is C21H35N3O2. The standard InChI is InChI=1S/C21H35N3O2/c1-6-22-20(24-16(2)14-26-19-11-12-25-15-19)23-13-17-7-9-18(10-8-17)21(3,4)5/h7-10,16,19H,6,11-15H2,1-5H3,(H2,22,23,24). The highest BCUT2D eigenvalue weighted by Gasteiger charge is 2.17. The first-order valence-corrected chi connectivity index (χ1v) is 9.72. The molecule has 0 saturated carbocycles. The monoisotopic (exact) mass is 361 g/mol. The number of hydrogen-bond acceptors (Lipinski definition) is 3. The van der Waals surface area contributed by atoms with E-state index in [0.717, 1.165) is 25.5 Å².